The number of carbonyl (C=O) groups is 2. The van der Waals surface area contributed by atoms with E-state index < -0.39 is 15.6 Å². The van der Waals surface area contributed by atoms with Gasteiger partial charge in [0.25, 0.3) is 5.91 Å². The summed E-state index contributed by atoms with van der Waals surface area (Å²) in [6.45, 7) is 9.99. The summed E-state index contributed by atoms with van der Waals surface area (Å²) in [5, 5.41) is 0. The van der Waals surface area contributed by atoms with Gasteiger partial charge in [0, 0.05) is 38.7 Å². The second-order valence-electron chi connectivity index (χ2n) is 9.02. The maximum atomic E-state index is 13.1. The van der Waals surface area contributed by atoms with E-state index in [1.54, 1.807) is 40.0 Å². The molecule has 0 aliphatic carbocycles. The van der Waals surface area contributed by atoms with Crippen LogP contribution in [0.2, 0.25) is 0 Å². The molecule has 0 N–H and O–H groups in total. The molecular weight excluding hydrogens is 420 g/mol. The van der Waals surface area contributed by atoms with Crippen molar-refractivity contribution < 1.29 is 27.5 Å². The monoisotopic (exact) mass is 454 g/mol. The number of nitrogens with zero attached hydrogens (tertiary/aromatic N) is 2. The molecule has 9 heteroatoms. The molecule has 1 aliphatic rings. The quantitative estimate of drug-likeness (QED) is 0.588. The highest BCUT2D eigenvalue weighted by molar-refractivity contribution is 7.89. The molecular formula is C22H34N2O6S. The smallest absolute Gasteiger partial charge is 0.306 e. The second-order valence-corrected chi connectivity index (χ2v) is 11.0. The average Bonchev–Trinajstić information content (AvgIpc) is 2.65. The first-order chi connectivity index (χ1) is 14.3. The van der Waals surface area contributed by atoms with Crippen molar-refractivity contribution in [2.75, 3.05) is 26.7 Å². The SMILES string of the molecule is CC1CN(S(=O)(=O)c2cccc(C(=O)N(C)CCCC(=O)OC(C)(C)C)c2)CC(C)O1. The molecule has 0 spiro atoms. The first-order valence-corrected chi connectivity index (χ1v) is 12.0. The molecule has 1 heterocycles. The third kappa shape index (κ3) is 7.29. The summed E-state index contributed by atoms with van der Waals surface area (Å²) in [7, 11) is -2.10. The van der Waals surface area contributed by atoms with Gasteiger partial charge in [-0.2, -0.15) is 4.31 Å². The largest absolute Gasteiger partial charge is 0.460 e. The van der Waals surface area contributed by atoms with Gasteiger partial charge in [-0.25, -0.2) is 8.42 Å². The molecule has 1 aromatic carbocycles. The van der Waals surface area contributed by atoms with Crippen LogP contribution >= 0.6 is 0 Å². The molecule has 2 unspecified atom stereocenters. The van der Waals surface area contributed by atoms with E-state index in [9.17, 15) is 18.0 Å². The van der Waals surface area contributed by atoms with Crippen molar-refractivity contribution in [2.45, 2.75) is 70.2 Å². The number of ether oxygens (including phenoxy) is 2. The Bertz CT molecular complexity index is 884. The summed E-state index contributed by atoms with van der Waals surface area (Å²) in [5.41, 5.74) is -0.254. The van der Waals surface area contributed by atoms with Gasteiger partial charge in [-0.3, -0.25) is 9.59 Å². The van der Waals surface area contributed by atoms with E-state index in [1.165, 1.54) is 21.3 Å². The van der Waals surface area contributed by atoms with Gasteiger partial charge in [-0.15, -0.1) is 0 Å². The van der Waals surface area contributed by atoms with Crippen molar-refractivity contribution in [2.24, 2.45) is 0 Å². The fourth-order valence-electron chi connectivity index (χ4n) is 3.44. The van der Waals surface area contributed by atoms with Gasteiger partial charge >= 0.3 is 5.97 Å². The molecule has 31 heavy (non-hydrogen) atoms. The number of hydrogen-bond acceptors (Lipinski definition) is 6. The lowest BCUT2D eigenvalue weighted by atomic mass is 10.2. The number of morpholine rings is 1. The highest BCUT2D eigenvalue weighted by atomic mass is 32.2. The van der Waals surface area contributed by atoms with E-state index in [2.05, 4.69) is 0 Å². The third-order valence-corrected chi connectivity index (χ3v) is 6.57. The molecule has 8 nitrogen and oxygen atoms in total. The van der Waals surface area contributed by atoms with Gasteiger partial charge in [0.1, 0.15) is 5.60 Å². The van der Waals surface area contributed by atoms with Gasteiger partial charge in [0.2, 0.25) is 10.0 Å². The summed E-state index contributed by atoms with van der Waals surface area (Å²) in [5.74, 6) is -0.611. The summed E-state index contributed by atoms with van der Waals surface area (Å²) < 4.78 is 38.4. The van der Waals surface area contributed by atoms with Crippen LogP contribution in [0.3, 0.4) is 0 Å². The molecule has 1 amide bonds. The summed E-state index contributed by atoms with van der Waals surface area (Å²) in [6.07, 6.45) is 0.272. The van der Waals surface area contributed by atoms with E-state index in [0.29, 0.717) is 13.0 Å². The number of sulfonamides is 1. The van der Waals surface area contributed by atoms with Crippen molar-refractivity contribution >= 4 is 21.9 Å². The predicted octanol–water partition coefficient (Wildman–Crippen LogP) is 2.68. The standard InChI is InChI=1S/C22H34N2O6S/c1-16-14-24(15-17(2)29-16)31(27,28)19-10-7-9-18(13-19)21(26)23(6)12-8-11-20(25)30-22(3,4)5/h7,9-10,13,16-17H,8,11-12,14-15H2,1-6H3. The van der Waals surface area contributed by atoms with Gasteiger partial charge in [0.15, 0.2) is 0 Å². The van der Waals surface area contributed by atoms with Crippen LogP contribution in [-0.2, 0) is 24.3 Å². The van der Waals surface area contributed by atoms with Crippen LogP contribution in [0.25, 0.3) is 0 Å². The minimum absolute atomic E-state index is 0.0850. The van der Waals surface area contributed by atoms with Crippen molar-refractivity contribution in [3.63, 3.8) is 0 Å². The number of hydrogen-bond donors (Lipinski definition) is 0. The molecule has 2 rings (SSSR count). The zero-order valence-corrected chi connectivity index (χ0v) is 20.1. The maximum absolute atomic E-state index is 13.1. The Labute approximate surface area is 185 Å². The number of benzene rings is 1. The first-order valence-electron chi connectivity index (χ1n) is 10.5. The Hall–Kier alpha value is -1.97. The van der Waals surface area contributed by atoms with E-state index in [-0.39, 0.29) is 54.1 Å². The van der Waals surface area contributed by atoms with E-state index in [0.717, 1.165) is 0 Å². The summed E-state index contributed by atoms with van der Waals surface area (Å²) in [4.78, 5) is 26.2. The molecule has 0 bridgehead atoms. The Morgan fingerprint density at radius 2 is 1.81 bits per heavy atom. The molecule has 1 aliphatic heterocycles. The van der Waals surface area contributed by atoms with Crippen LogP contribution in [0.15, 0.2) is 29.2 Å². The minimum Gasteiger partial charge on any atom is -0.460 e. The Kier molecular flexibility index (Phi) is 8.24. The Morgan fingerprint density at radius 1 is 1.19 bits per heavy atom. The number of rotatable bonds is 7. The first kappa shape index (κ1) is 25.3. The summed E-state index contributed by atoms with van der Waals surface area (Å²) >= 11 is 0. The molecule has 1 fully saturated rings. The summed E-state index contributed by atoms with van der Waals surface area (Å²) in [6, 6.07) is 6.07. The molecule has 1 saturated heterocycles. The van der Waals surface area contributed by atoms with Crippen molar-refractivity contribution in [1.82, 2.24) is 9.21 Å². The second kappa shape index (κ2) is 10.1. The van der Waals surface area contributed by atoms with Crippen LogP contribution in [0.1, 0.15) is 57.8 Å². The average molecular weight is 455 g/mol. The molecule has 174 valence electrons. The van der Waals surface area contributed by atoms with Gasteiger partial charge in [-0.05, 0) is 59.2 Å². The van der Waals surface area contributed by atoms with Gasteiger partial charge in [0.05, 0.1) is 17.1 Å². The maximum Gasteiger partial charge on any atom is 0.306 e. The molecule has 0 aromatic heterocycles. The fourth-order valence-corrected chi connectivity index (χ4v) is 5.08. The zero-order valence-electron chi connectivity index (χ0n) is 19.3. The number of esters is 1. The van der Waals surface area contributed by atoms with Crippen molar-refractivity contribution in [1.29, 1.82) is 0 Å². The Morgan fingerprint density at radius 3 is 2.39 bits per heavy atom. The van der Waals surface area contributed by atoms with Crippen LogP contribution in [0.5, 0.6) is 0 Å². The normalized spacial score (nSPS) is 20.3. The van der Waals surface area contributed by atoms with Crippen molar-refractivity contribution in [3.8, 4) is 0 Å². The van der Waals surface area contributed by atoms with E-state index >= 15 is 0 Å². The molecule has 0 radical (unpaired) electrons. The van der Waals surface area contributed by atoms with Crippen LogP contribution in [0, 0.1) is 0 Å². The van der Waals surface area contributed by atoms with Gasteiger partial charge in [-0.1, -0.05) is 6.07 Å². The molecule has 2 atom stereocenters. The lowest BCUT2D eigenvalue weighted by Crippen LogP contribution is -2.48. The van der Waals surface area contributed by atoms with Gasteiger partial charge < -0.3 is 14.4 Å². The van der Waals surface area contributed by atoms with Crippen LogP contribution < -0.4 is 0 Å². The molecule has 1 aromatic rings. The number of amides is 1. The van der Waals surface area contributed by atoms with Crippen LogP contribution in [-0.4, -0.2) is 74.0 Å². The third-order valence-electron chi connectivity index (χ3n) is 4.75. The minimum atomic E-state index is -3.73. The zero-order chi connectivity index (χ0) is 23.4. The lowest BCUT2D eigenvalue weighted by molar-refractivity contribution is -0.154. The Balaban J connectivity index is 2.03. The highest BCUT2D eigenvalue weighted by Gasteiger charge is 2.32. The fraction of sp³-hybridized carbons (Fsp3) is 0.636. The van der Waals surface area contributed by atoms with Crippen molar-refractivity contribution in [3.05, 3.63) is 29.8 Å². The predicted molar refractivity (Wildman–Crippen MR) is 117 cm³/mol. The molecule has 0 saturated carbocycles. The van der Waals surface area contributed by atoms with Crippen LogP contribution in [0.4, 0.5) is 0 Å². The highest BCUT2D eigenvalue weighted by Crippen LogP contribution is 2.22. The lowest BCUT2D eigenvalue weighted by Gasteiger charge is -2.34. The number of carbonyl (C=O) groups excluding carboxylic acids is 2. The van der Waals surface area contributed by atoms with E-state index in [4.69, 9.17) is 9.47 Å². The topological polar surface area (TPSA) is 93.2 Å². The van der Waals surface area contributed by atoms with E-state index in [1.807, 2.05) is 13.8 Å².